The van der Waals surface area contributed by atoms with Gasteiger partial charge in [0.1, 0.15) is 6.17 Å². The van der Waals surface area contributed by atoms with Crippen molar-refractivity contribution in [2.24, 2.45) is 11.8 Å². The van der Waals surface area contributed by atoms with Crippen LogP contribution in [0.5, 0.6) is 0 Å². The minimum absolute atomic E-state index is 0.133. The van der Waals surface area contributed by atoms with Crippen LogP contribution in [0.3, 0.4) is 0 Å². The quantitative estimate of drug-likeness (QED) is 0.430. The molecule has 0 spiro atoms. The fourth-order valence-corrected chi connectivity index (χ4v) is 8.41. The normalized spacial score (nSPS) is 24.6. The molecule has 2 aliphatic heterocycles. The lowest BCUT2D eigenvalue weighted by atomic mass is 9.63. The van der Waals surface area contributed by atoms with Crippen LogP contribution in [0.25, 0.3) is 0 Å². The summed E-state index contributed by atoms with van der Waals surface area (Å²) >= 11 is 0. The highest BCUT2D eigenvalue weighted by Gasteiger charge is 2.57. The van der Waals surface area contributed by atoms with E-state index in [4.69, 9.17) is 0 Å². The Labute approximate surface area is 219 Å². The van der Waals surface area contributed by atoms with E-state index in [0.717, 1.165) is 11.8 Å². The van der Waals surface area contributed by atoms with Crippen molar-refractivity contribution in [2.45, 2.75) is 104 Å². The first-order valence-electron chi connectivity index (χ1n) is 14.6. The topological polar surface area (TPSA) is 6.48 Å². The van der Waals surface area contributed by atoms with Crippen molar-refractivity contribution in [1.29, 1.82) is 0 Å². The minimum Gasteiger partial charge on any atom is -0.336 e. The molecule has 2 nitrogen and oxygen atoms in total. The van der Waals surface area contributed by atoms with Crippen LogP contribution in [0.15, 0.2) is 66.0 Å². The highest BCUT2D eigenvalue weighted by molar-refractivity contribution is 5.65. The third-order valence-corrected chi connectivity index (χ3v) is 10.1. The van der Waals surface area contributed by atoms with Crippen molar-refractivity contribution in [1.82, 2.24) is 4.90 Å². The van der Waals surface area contributed by atoms with Gasteiger partial charge in [-0.1, -0.05) is 81.0 Å². The van der Waals surface area contributed by atoms with Crippen LogP contribution in [-0.4, -0.2) is 10.4 Å². The van der Waals surface area contributed by atoms with Gasteiger partial charge in [-0.05, 0) is 94.0 Å². The summed E-state index contributed by atoms with van der Waals surface area (Å²) in [6, 6.07) is 15.9. The van der Waals surface area contributed by atoms with Gasteiger partial charge in [-0.15, -0.1) is 0 Å². The fraction of sp³-hybridized carbons (Fsp3) is 0.529. The predicted molar refractivity (Wildman–Crippen MR) is 152 cm³/mol. The van der Waals surface area contributed by atoms with Crippen LogP contribution < -0.4 is 4.90 Å². The third-order valence-electron chi connectivity index (χ3n) is 10.1. The number of benzene rings is 2. The average Bonchev–Trinajstić information content (AvgIpc) is 3.43. The number of hydrogen-bond donors (Lipinski definition) is 0. The van der Waals surface area contributed by atoms with Gasteiger partial charge in [0.05, 0.1) is 11.2 Å². The number of nitrogens with zero attached hydrogens (tertiary/aromatic N) is 2. The van der Waals surface area contributed by atoms with Crippen molar-refractivity contribution in [2.75, 3.05) is 4.90 Å². The SMILES string of the molecule is CC1=C2C=CC(C3CCCCC3)(C3CCCCC3)N2C(c2c(C)cccc2C)N1c1ccccc1C. The number of rotatable bonds is 4. The van der Waals surface area contributed by atoms with E-state index in [1.165, 1.54) is 104 Å². The molecular formula is C34H44N2. The second-order valence-corrected chi connectivity index (χ2v) is 12.1. The van der Waals surface area contributed by atoms with Gasteiger partial charge in [-0.2, -0.15) is 0 Å². The molecule has 2 fully saturated rings. The predicted octanol–water partition coefficient (Wildman–Crippen LogP) is 9.13. The van der Waals surface area contributed by atoms with Gasteiger partial charge in [0, 0.05) is 16.9 Å². The Balaban J connectivity index is 1.58. The van der Waals surface area contributed by atoms with E-state index in [-0.39, 0.29) is 11.7 Å². The van der Waals surface area contributed by atoms with Crippen LogP contribution in [-0.2, 0) is 0 Å². The number of hydrogen-bond acceptors (Lipinski definition) is 2. The first kappa shape index (κ1) is 23.9. The number of para-hydroxylation sites is 1. The van der Waals surface area contributed by atoms with E-state index in [1.807, 2.05) is 0 Å². The van der Waals surface area contributed by atoms with Crippen LogP contribution in [0.1, 0.15) is 99.6 Å². The Morgan fingerprint density at radius 1 is 0.667 bits per heavy atom. The second-order valence-electron chi connectivity index (χ2n) is 12.1. The molecule has 2 saturated carbocycles. The molecule has 0 bridgehead atoms. The maximum absolute atomic E-state index is 2.97. The first-order valence-corrected chi connectivity index (χ1v) is 14.6. The maximum Gasteiger partial charge on any atom is 0.133 e. The molecule has 2 aromatic rings. The highest BCUT2D eigenvalue weighted by atomic mass is 15.5. The number of aryl methyl sites for hydroxylation is 3. The van der Waals surface area contributed by atoms with Crippen LogP contribution in [0, 0.1) is 32.6 Å². The second kappa shape index (κ2) is 9.43. The highest BCUT2D eigenvalue weighted by Crippen LogP contribution is 2.59. The van der Waals surface area contributed by atoms with Gasteiger partial charge in [-0.25, -0.2) is 0 Å². The molecule has 2 aliphatic carbocycles. The van der Waals surface area contributed by atoms with E-state index >= 15 is 0 Å². The molecule has 2 heterocycles. The van der Waals surface area contributed by atoms with Crippen molar-refractivity contribution in [3.05, 3.63) is 88.3 Å². The molecule has 0 aromatic heterocycles. The summed E-state index contributed by atoms with van der Waals surface area (Å²) < 4.78 is 0. The van der Waals surface area contributed by atoms with Crippen LogP contribution in [0.2, 0.25) is 0 Å². The van der Waals surface area contributed by atoms with Gasteiger partial charge < -0.3 is 9.80 Å². The Morgan fingerprint density at radius 2 is 1.22 bits per heavy atom. The van der Waals surface area contributed by atoms with Crippen molar-refractivity contribution in [3.8, 4) is 0 Å². The molecule has 36 heavy (non-hydrogen) atoms. The molecule has 2 heteroatoms. The summed E-state index contributed by atoms with van der Waals surface area (Å²) in [4.78, 5) is 5.67. The van der Waals surface area contributed by atoms with Gasteiger partial charge in [0.25, 0.3) is 0 Å². The summed E-state index contributed by atoms with van der Waals surface area (Å²) in [6.45, 7) is 9.32. The van der Waals surface area contributed by atoms with Crippen molar-refractivity contribution < 1.29 is 0 Å². The van der Waals surface area contributed by atoms with Crippen LogP contribution in [0.4, 0.5) is 5.69 Å². The standard InChI is InChI=1S/C34H44N2/c1-24-14-11-12-21-30(24)35-27(4)31-22-23-34(28-17-7-5-8-18-28,29-19-9-6-10-20-29)36(31)33(35)32-25(2)15-13-16-26(32)3/h11-16,21-23,28-29,33H,5-10,17-20H2,1-4H3. The Morgan fingerprint density at radius 3 is 1.81 bits per heavy atom. The zero-order chi connectivity index (χ0) is 24.9. The molecule has 1 unspecified atom stereocenters. The average molecular weight is 481 g/mol. The lowest BCUT2D eigenvalue weighted by molar-refractivity contribution is 0.00627. The van der Waals surface area contributed by atoms with E-state index in [1.54, 1.807) is 0 Å². The first-order chi connectivity index (χ1) is 17.5. The summed E-state index contributed by atoms with van der Waals surface area (Å²) in [5.41, 5.74) is 10.1. The Bertz CT molecular complexity index is 1140. The molecule has 0 amide bonds. The zero-order valence-electron chi connectivity index (χ0n) is 22.9. The van der Waals surface area contributed by atoms with Crippen molar-refractivity contribution >= 4 is 5.69 Å². The minimum atomic E-state index is 0.133. The largest absolute Gasteiger partial charge is 0.336 e. The molecule has 1 atom stereocenters. The Hall–Kier alpha value is -2.48. The molecule has 0 N–H and O–H groups in total. The molecule has 4 aliphatic rings. The van der Waals surface area contributed by atoms with Crippen molar-refractivity contribution in [3.63, 3.8) is 0 Å². The summed E-state index contributed by atoms with van der Waals surface area (Å²) in [5, 5.41) is 0. The fourth-order valence-electron chi connectivity index (χ4n) is 8.41. The zero-order valence-corrected chi connectivity index (χ0v) is 22.9. The lowest BCUT2D eigenvalue weighted by Crippen LogP contribution is -2.57. The lowest BCUT2D eigenvalue weighted by Gasteiger charge is -2.54. The van der Waals surface area contributed by atoms with E-state index in [2.05, 4.69) is 92.1 Å². The molecule has 0 radical (unpaired) electrons. The van der Waals surface area contributed by atoms with E-state index in [0.29, 0.717) is 0 Å². The van der Waals surface area contributed by atoms with Gasteiger partial charge in [-0.3, -0.25) is 0 Å². The van der Waals surface area contributed by atoms with Gasteiger partial charge in [0.2, 0.25) is 0 Å². The summed E-state index contributed by atoms with van der Waals surface area (Å²) in [5.74, 6) is 1.50. The number of allylic oxidation sites excluding steroid dienone is 2. The van der Waals surface area contributed by atoms with Gasteiger partial charge in [0.15, 0.2) is 0 Å². The molecule has 190 valence electrons. The molecule has 6 rings (SSSR count). The Kier molecular flexibility index (Phi) is 6.26. The number of anilines is 1. The summed E-state index contributed by atoms with van der Waals surface area (Å²) in [7, 11) is 0. The number of fused-ring (bicyclic) bond motifs is 1. The molecule has 0 saturated heterocycles. The molecular weight excluding hydrogens is 436 g/mol. The van der Waals surface area contributed by atoms with Crippen LogP contribution >= 0.6 is 0 Å². The molecule has 2 aromatic carbocycles. The smallest absolute Gasteiger partial charge is 0.133 e. The van der Waals surface area contributed by atoms with E-state index in [9.17, 15) is 0 Å². The maximum atomic E-state index is 2.97. The van der Waals surface area contributed by atoms with E-state index < -0.39 is 0 Å². The monoisotopic (exact) mass is 480 g/mol. The third kappa shape index (κ3) is 3.58. The van der Waals surface area contributed by atoms with Gasteiger partial charge >= 0.3 is 0 Å². The summed E-state index contributed by atoms with van der Waals surface area (Å²) in [6.07, 6.45) is 19.4.